The highest BCUT2D eigenvalue weighted by molar-refractivity contribution is 8.18. The van der Waals surface area contributed by atoms with E-state index in [1.165, 1.54) is 37.2 Å². The van der Waals surface area contributed by atoms with E-state index in [-0.39, 0.29) is 0 Å². The molecule has 1 aliphatic carbocycles. The summed E-state index contributed by atoms with van der Waals surface area (Å²) in [5.74, 6) is 3.67. The lowest BCUT2D eigenvalue weighted by atomic mass is 9.77. The summed E-state index contributed by atoms with van der Waals surface area (Å²) in [5, 5.41) is 0. The Morgan fingerprint density at radius 2 is 1.35 bits per heavy atom. The van der Waals surface area contributed by atoms with Gasteiger partial charge in [-0.1, -0.05) is 34.6 Å². The lowest BCUT2D eigenvalue weighted by molar-refractivity contribution is 0.236. The number of hydrogen-bond acceptors (Lipinski definition) is 2. The first-order chi connectivity index (χ1) is 7.73. The van der Waals surface area contributed by atoms with Crippen molar-refractivity contribution in [2.75, 3.05) is 11.5 Å². The Labute approximate surface area is 116 Å². The molecule has 17 heavy (non-hydrogen) atoms. The molecule has 0 aromatic carbocycles. The first-order valence-corrected chi connectivity index (χ1v) is 8.98. The molecule has 0 unspecified atom stereocenters. The molecular weight excluding hydrogens is 244 g/mol. The summed E-state index contributed by atoms with van der Waals surface area (Å²) in [6.45, 7) is 12.1. The van der Waals surface area contributed by atoms with Crippen LogP contribution in [0.4, 0.5) is 0 Å². The van der Waals surface area contributed by atoms with E-state index in [1.807, 2.05) is 0 Å². The molecule has 0 aromatic rings. The van der Waals surface area contributed by atoms with Gasteiger partial charge in [-0.3, -0.25) is 0 Å². The fourth-order valence-electron chi connectivity index (χ4n) is 2.69. The van der Waals surface area contributed by atoms with Gasteiger partial charge in [-0.05, 0) is 53.9 Å². The Kier molecular flexibility index (Phi) is 3.88. The summed E-state index contributed by atoms with van der Waals surface area (Å²) in [7, 11) is 0. The Hall–Kier alpha value is 0.700. The van der Waals surface area contributed by atoms with Gasteiger partial charge in [-0.15, -0.1) is 23.5 Å². The van der Waals surface area contributed by atoms with Gasteiger partial charge in [-0.25, -0.2) is 0 Å². The second-order valence-electron chi connectivity index (χ2n) is 7.76. The largest absolute Gasteiger partial charge is 0.144 e. The molecule has 0 nitrogen and oxygen atoms in total. The quantitative estimate of drug-likeness (QED) is 0.577. The van der Waals surface area contributed by atoms with Crippen LogP contribution >= 0.6 is 23.5 Å². The van der Waals surface area contributed by atoms with Gasteiger partial charge in [0.25, 0.3) is 0 Å². The normalized spacial score (nSPS) is 29.5. The van der Waals surface area contributed by atoms with E-state index >= 15 is 0 Å². The maximum atomic E-state index is 2.44. The molecule has 1 saturated carbocycles. The standard InChI is InChI=1S/C15H28S2/c1-13(2,3)12-10-16-15(17-11-12)8-6-14(4,5)7-9-15/h12H,6-11H2,1-5H3. The van der Waals surface area contributed by atoms with Gasteiger partial charge in [0.15, 0.2) is 0 Å². The summed E-state index contributed by atoms with van der Waals surface area (Å²) in [5.41, 5.74) is 1.10. The molecule has 0 N–H and O–H groups in total. The van der Waals surface area contributed by atoms with E-state index in [4.69, 9.17) is 0 Å². The van der Waals surface area contributed by atoms with Crippen LogP contribution in [0.25, 0.3) is 0 Å². The second kappa shape index (κ2) is 4.67. The molecule has 0 aromatic heterocycles. The van der Waals surface area contributed by atoms with Gasteiger partial charge in [0, 0.05) is 0 Å². The van der Waals surface area contributed by atoms with Crippen molar-refractivity contribution in [1.29, 1.82) is 0 Å². The monoisotopic (exact) mass is 272 g/mol. The van der Waals surface area contributed by atoms with E-state index in [9.17, 15) is 0 Å². The third-order valence-corrected chi connectivity index (χ3v) is 8.40. The molecule has 1 aliphatic heterocycles. The maximum absolute atomic E-state index is 2.44. The van der Waals surface area contributed by atoms with Crippen molar-refractivity contribution in [3.63, 3.8) is 0 Å². The van der Waals surface area contributed by atoms with Crippen molar-refractivity contribution in [2.24, 2.45) is 16.7 Å². The summed E-state index contributed by atoms with van der Waals surface area (Å²) in [6, 6.07) is 0. The molecule has 1 heterocycles. The molecule has 2 rings (SSSR count). The van der Waals surface area contributed by atoms with Crippen molar-refractivity contribution >= 4 is 23.5 Å². The van der Waals surface area contributed by atoms with Crippen LogP contribution in [0.5, 0.6) is 0 Å². The van der Waals surface area contributed by atoms with E-state index < -0.39 is 0 Å². The van der Waals surface area contributed by atoms with Crippen LogP contribution in [0.1, 0.15) is 60.3 Å². The van der Waals surface area contributed by atoms with Crippen LogP contribution in [-0.2, 0) is 0 Å². The minimum Gasteiger partial charge on any atom is -0.144 e. The molecule has 2 aliphatic rings. The zero-order valence-corrected chi connectivity index (χ0v) is 13.8. The van der Waals surface area contributed by atoms with E-state index in [0.29, 0.717) is 14.9 Å². The average Bonchev–Trinajstić information content (AvgIpc) is 2.23. The molecule has 2 fully saturated rings. The summed E-state index contributed by atoms with van der Waals surface area (Å²) < 4.78 is 0.595. The fraction of sp³-hybridized carbons (Fsp3) is 1.00. The molecular formula is C15H28S2. The highest BCUT2D eigenvalue weighted by Gasteiger charge is 2.43. The Balaban J connectivity index is 1.91. The molecule has 0 amide bonds. The summed E-state index contributed by atoms with van der Waals surface area (Å²) in [4.78, 5) is 0. The van der Waals surface area contributed by atoms with Crippen LogP contribution in [0.3, 0.4) is 0 Å². The smallest absolute Gasteiger partial charge is 0.0611 e. The van der Waals surface area contributed by atoms with E-state index in [1.54, 1.807) is 0 Å². The van der Waals surface area contributed by atoms with Gasteiger partial charge in [-0.2, -0.15) is 0 Å². The zero-order valence-electron chi connectivity index (χ0n) is 12.1. The molecule has 1 saturated heterocycles. The highest BCUT2D eigenvalue weighted by Crippen LogP contribution is 2.57. The molecule has 100 valence electrons. The van der Waals surface area contributed by atoms with E-state index in [0.717, 1.165) is 5.92 Å². The number of hydrogen-bond donors (Lipinski definition) is 0. The minimum atomic E-state index is 0.496. The second-order valence-corrected chi connectivity index (χ2v) is 10.8. The third-order valence-electron chi connectivity index (χ3n) is 4.69. The Bertz CT molecular complexity index is 255. The van der Waals surface area contributed by atoms with Crippen LogP contribution in [0.2, 0.25) is 0 Å². The lowest BCUT2D eigenvalue weighted by Crippen LogP contribution is -2.39. The summed E-state index contributed by atoms with van der Waals surface area (Å²) in [6.07, 6.45) is 5.72. The molecule has 1 spiro atoms. The van der Waals surface area contributed by atoms with Crippen molar-refractivity contribution in [3.8, 4) is 0 Å². The SMILES string of the molecule is CC1(C)CCC2(CC1)SCC(C(C)(C)C)CS2. The topological polar surface area (TPSA) is 0 Å². The first-order valence-electron chi connectivity index (χ1n) is 7.00. The predicted octanol–water partition coefficient (Wildman–Crippen LogP) is 5.43. The van der Waals surface area contributed by atoms with Crippen molar-refractivity contribution in [3.05, 3.63) is 0 Å². The molecule has 0 atom stereocenters. The fourth-order valence-corrected chi connectivity index (χ4v) is 6.81. The van der Waals surface area contributed by atoms with Gasteiger partial charge in [0.05, 0.1) is 4.08 Å². The lowest BCUT2D eigenvalue weighted by Gasteiger charge is -2.48. The van der Waals surface area contributed by atoms with Crippen molar-refractivity contribution in [2.45, 2.75) is 64.4 Å². The van der Waals surface area contributed by atoms with Gasteiger partial charge in [0.1, 0.15) is 0 Å². The summed E-state index contributed by atoms with van der Waals surface area (Å²) >= 11 is 4.57. The molecule has 2 heteroatoms. The third kappa shape index (κ3) is 3.37. The highest BCUT2D eigenvalue weighted by atomic mass is 32.2. The maximum Gasteiger partial charge on any atom is 0.0611 e. The van der Waals surface area contributed by atoms with Gasteiger partial charge in [0.2, 0.25) is 0 Å². The number of thioether (sulfide) groups is 2. The van der Waals surface area contributed by atoms with Gasteiger partial charge < -0.3 is 0 Å². The Morgan fingerprint density at radius 3 is 1.76 bits per heavy atom. The van der Waals surface area contributed by atoms with Crippen LogP contribution in [0.15, 0.2) is 0 Å². The average molecular weight is 273 g/mol. The molecule has 0 radical (unpaired) electrons. The van der Waals surface area contributed by atoms with Crippen molar-refractivity contribution < 1.29 is 0 Å². The number of rotatable bonds is 0. The predicted molar refractivity (Wildman–Crippen MR) is 82.8 cm³/mol. The first kappa shape index (κ1) is 14.1. The van der Waals surface area contributed by atoms with Crippen LogP contribution in [0, 0.1) is 16.7 Å². The zero-order chi connectivity index (χ0) is 12.7. The van der Waals surface area contributed by atoms with Crippen LogP contribution < -0.4 is 0 Å². The van der Waals surface area contributed by atoms with E-state index in [2.05, 4.69) is 58.1 Å². The van der Waals surface area contributed by atoms with Crippen molar-refractivity contribution in [1.82, 2.24) is 0 Å². The Morgan fingerprint density at radius 1 is 0.882 bits per heavy atom. The molecule has 0 bridgehead atoms. The van der Waals surface area contributed by atoms with Gasteiger partial charge >= 0.3 is 0 Å². The van der Waals surface area contributed by atoms with Crippen LogP contribution in [-0.4, -0.2) is 15.6 Å². The minimum absolute atomic E-state index is 0.496.